The topological polar surface area (TPSA) is 59.3 Å². The average Bonchev–Trinajstić information content (AvgIpc) is 3.24. The molecule has 1 N–H and O–H groups in total. The smallest absolute Gasteiger partial charge is 0.255 e. The molecule has 2 aromatic heterocycles. The summed E-state index contributed by atoms with van der Waals surface area (Å²) in [6.07, 6.45) is 7.93. The van der Waals surface area contributed by atoms with E-state index >= 15 is 0 Å². The number of nitrogens with zero attached hydrogens (tertiary/aromatic N) is 3. The molecule has 0 saturated heterocycles. The summed E-state index contributed by atoms with van der Waals surface area (Å²) in [7, 11) is 0. The average molecular weight is 435 g/mol. The molecule has 4 aliphatic carbocycles. The molecule has 2 heterocycles. The number of fused-ring (bicyclic) bond motifs is 1. The van der Waals surface area contributed by atoms with Crippen molar-refractivity contribution in [1.82, 2.24) is 19.9 Å². The lowest BCUT2D eigenvalue weighted by molar-refractivity contribution is 0.0873. The van der Waals surface area contributed by atoms with Crippen LogP contribution in [0.5, 0.6) is 0 Å². The van der Waals surface area contributed by atoms with E-state index in [0.29, 0.717) is 16.5 Å². The first-order chi connectivity index (χ1) is 14.8. The molecule has 0 aliphatic heterocycles. The zero-order valence-electron chi connectivity index (χ0n) is 18.2. The van der Waals surface area contributed by atoms with Crippen LogP contribution in [0.25, 0.3) is 16.8 Å². The number of rotatable bonds is 3. The van der Waals surface area contributed by atoms with Gasteiger partial charge < -0.3 is 5.32 Å². The molecule has 5 nitrogen and oxygen atoms in total. The second kappa shape index (κ2) is 6.55. The van der Waals surface area contributed by atoms with Crippen LogP contribution in [-0.2, 0) is 0 Å². The van der Waals surface area contributed by atoms with E-state index in [0.717, 1.165) is 58.4 Å². The Kier molecular flexibility index (Phi) is 4.08. The van der Waals surface area contributed by atoms with Gasteiger partial charge in [0.1, 0.15) is 0 Å². The number of carbonyl (C=O) groups excluding carboxylic acids is 1. The molecular weight excluding hydrogens is 408 g/mol. The molecule has 7 rings (SSSR count). The molecule has 4 aliphatic rings. The van der Waals surface area contributed by atoms with Gasteiger partial charge in [-0.2, -0.15) is 5.10 Å². The first-order valence-corrected chi connectivity index (χ1v) is 11.7. The van der Waals surface area contributed by atoms with Gasteiger partial charge in [0.15, 0.2) is 5.65 Å². The maximum absolute atomic E-state index is 13.4. The number of amides is 1. The lowest BCUT2D eigenvalue weighted by atomic mass is 9.80. The summed E-state index contributed by atoms with van der Waals surface area (Å²) < 4.78 is 1.80. The standard InChI is InChI=1S/C25H27ClN4O/c1-13-4-5-19(21(26)6-13)22-14(2)29-30-15(3)20(12-27-23(22)30)24(31)28-25-10-16-7-17(11-25)9-18(25)8-16/h4-6,12,16-18H,7-11H2,1-3H3,(H,28,31). The van der Waals surface area contributed by atoms with Crippen molar-refractivity contribution in [3.8, 4) is 11.1 Å². The van der Waals surface area contributed by atoms with Gasteiger partial charge in [-0.1, -0.05) is 23.7 Å². The minimum absolute atomic E-state index is 0.00663. The zero-order valence-corrected chi connectivity index (χ0v) is 19.0. The van der Waals surface area contributed by atoms with Crippen LogP contribution in [0.3, 0.4) is 0 Å². The Hall–Kier alpha value is -2.40. The second-order valence-electron chi connectivity index (χ2n) is 10.1. The molecule has 6 heteroatoms. The van der Waals surface area contributed by atoms with Crippen LogP contribution < -0.4 is 5.32 Å². The van der Waals surface area contributed by atoms with E-state index in [-0.39, 0.29) is 11.4 Å². The van der Waals surface area contributed by atoms with Crippen molar-refractivity contribution in [2.45, 2.75) is 58.4 Å². The molecule has 160 valence electrons. The Labute approximate surface area is 187 Å². The molecule has 4 fully saturated rings. The van der Waals surface area contributed by atoms with Crippen LogP contribution in [0.2, 0.25) is 5.02 Å². The van der Waals surface area contributed by atoms with Crippen LogP contribution in [0.15, 0.2) is 24.4 Å². The first-order valence-electron chi connectivity index (χ1n) is 11.3. The number of halogens is 1. The van der Waals surface area contributed by atoms with Gasteiger partial charge in [0.05, 0.1) is 22.5 Å². The molecule has 1 amide bonds. The van der Waals surface area contributed by atoms with Gasteiger partial charge in [0.2, 0.25) is 0 Å². The third kappa shape index (κ3) is 2.78. The van der Waals surface area contributed by atoms with Crippen LogP contribution in [0.4, 0.5) is 0 Å². The van der Waals surface area contributed by atoms with Gasteiger partial charge in [-0.25, -0.2) is 9.50 Å². The number of hydrogen-bond acceptors (Lipinski definition) is 3. The second-order valence-corrected chi connectivity index (χ2v) is 10.5. The van der Waals surface area contributed by atoms with Crippen molar-refractivity contribution in [2.24, 2.45) is 17.8 Å². The quantitative estimate of drug-likeness (QED) is 0.609. The molecule has 31 heavy (non-hydrogen) atoms. The van der Waals surface area contributed by atoms with Crippen molar-refractivity contribution in [3.63, 3.8) is 0 Å². The summed E-state index contributed by atoms with van der Waals surface area (Å²) in [6.45, 7) is 5.94. The lowest BCUT2D eigenvalue weighted by Crippen LogP contribution is -2.49. The molecule has 0 radical (unpaired) electrons. The summed E-state index contributed by atoms with van der Waals surface area (Å²) in [4.78, 5) is 18.1. The van der Waals surface area contributed by atoms with E-state index in [1.54, 1.807) is 10.7 Å². The molecule has 4 bridgehead atoms. The highest BCUT2D eigenvalue weighted by molar-refractivity contribution is 6.33. The van der Waals surface area contributed by atoms with Gasteiger partial charge in [0, 0.05) is 22.3 Å². The minimum Gasteiger partial charge on any atom is -0.346 e. The summed E-state index contributed by atoms with van der Waals surface area (Å²) in [5.74, 6) is 2.24. The minimum atomic E-state index is -0.0110. The van der Waals surface area contributed by atoms with Crippen LogP contribution >= 0.6 is 11.6 Å². The van der Waals surface area contributed by atoms with Crippen molar-refractivity contribution < 1.29 is 4.79 Å². The van der Waals surface area contributed by atoms with Gasteiger partial charge in [-0.15, -0.1) is 0 Å². The number of carbonyl (C=O) groups is 1. The maximum atomic E-state index is 13.4. The zero-order chi connectivity index (χ0) is 21.5. The fraction of sp³-hybridized carbons (Fsp3) is 0.480. The Bertz CT molecular complexity index is 1230. The number of benzene rings is 1. The van der Waals surface area contributed by atoms with Gasteiger partial charge in [-0.3, -0.25) is 4.79 Å². The largest absolute Gasteiger partial charge is 0.346 e. The predicted octanol–water partition coefficient (Wildman–Crippen LogP) is 5.28. The summed E-state index contributed by atoms with van der Waals surface area (Å²) in [6, 6.07) is 6.02. The number of aryl methyl sites for hydroxylation is 3. The maximum Gasteiger partial charge on any atom is 0.255 e. The Morgan fingerprint density at radius 1 is 1.16 bits per heavy atom. The summed E-state index contributed by atoms with van der Waals surface area (Å²) >= 11 is 6.55. The molecule has 2 unspecified atom stereocenters. The Balaban J connectivity index is 1.38. The molecule has 3 aromatic rings. The van der Waals surface area contributed by atoms with Gasteiger partial charge in [0.25, 0.3) is 5.91 Å². The fourth-order valence-electron chi connectivity index (χ4n) is 6.86. The molecule has 2 atom stereocenters. The normalized spacial score (nSPS) is 28.6. The molecule has 0 spiro atoms. The van der Waals surface area contributed by atoms with Gasteiger partial charge >= 0.3 is 0 Å². The number of aromatic nitrogens is 3. The summed E-state index contributed by atoms with van der Waals surface area (Å²) in [5, 5.41) is 8.88. The van der Waals surface area contributed by atoms with Crippen molar-refractivity contribution >= 4 is 23.2 Å². The Morgan fingerprint density at radius 2 is 1.90 bits per heavy atom. The van der Waals surface area contributed by atoms with Crippen molar-refractivity contribution in [1.29, 1.82) is 0 Å². The number of nitrogens with one attached hydrogen (secondary N) is 1. The third-order valence-electron chi connectivity index (χ3n) is 8.05. The van der Waals surface area contributed by atoms with Crippen molar-refractivity contribution in [3.05, 3.63) is 51.9 Å². The highest BCUT2D eigenvalue weighted by Crippen LogP contribution is 2.60. The number of hydrogen-bond donors (Lipinski definition) is 1. The van der Waals surface area contributed by atoms with Gasteiger partial charge in [-0.05, 0) is 82.3 Å². The van der Waals surface area contributed by atoms with E-state index in [4.69, 9.17) is 16.7 Å². The summed E-state index contributed by atoms with van der Waals surface area (Å²) in [5.41, 5.74) is 5.96. The van der Waals surface area contributed by atoms with Crippen LogP contribution in [0.1, 0.15) is 59.4 Å². The third-order valence-corrected chi connectivity index (χ3v) is 8.36. The molecule has 1 aromatic carbocycles. The van der Waals surface area contributed by atoms with E-state index in [2.05, 4.69) is 10.3 Å². The highest BCUT2D eigenvalue weighted by atomic mass is 35.5. The highest BCUT2D eigenvalue weighted by Gasteiger charge is 2.58. The Morgan fingerprint density at radius 3 is 2.61 bits per heavy atom. The SMILES string of the molecule is Cc1ccc(-c2c(C)nn3c(C)c(C(=O)NC45CC6CC(CC4C6)C5)cnc23)c(Cl)c1. The van der Waals surface area contributed by atoms with E-state index in [9.17, 15) is 4.79 Å². The van der Waals surface area contributed by atoms with E-state index < -0.39 is 0 Å². The van der Waals surface area contributed by atoms with E-state index in [1.807, 2.05) is 39.0 Å². The first kappa shape index (κ1) is 19.3. The van der Waals surface area contributed by atoms with E-state index in [1.165, 1.54) is 19.3 Å². The molecular formula is C25H27ClN4O. The van der Waals surface area contributed by atoms with Crippen LogP contribution in [-0.4, -0.2) is 26.0 Å². The predicted molar refractivity (Wildman–Crippen MR) is 121 cm³/mol. The fourth-order valence-corrected chi connectivity index (χ4v) is 7.19. The van der Waals surface area contributed by atoms with Crippen LogP contribution in [0, 0.1) is 38.5 Å². The molecule has 4 saturated carbocycles. The monoisotopic (exact) mass is 434 g/mol. The van der Waals surface area contributed by atoms with Crippen molar-refractivity contribution in [2.75, 3.05) is 0 Å². The lowest BCUT2D eigenvalue weighted by Gasteiger charge is -2.34.